The smallest absolute Gasteiger partial charge is 0.269 e. The molecule has 104 valence electrons. The lowest BCUT2D eigenvalue weighted by Gasteiger charge is -2.08. The summed E-state index contributed by atoms with van der Waals surface area (Å²) in [5.41, 5.74) is 1.01. The zero-order chi connectivity index (χ0) is 14.3. The minimum absolute atomic E-state index is 0.0282. The molecule has 0 aliphatic rings. The number of nitro benzene ring substituents is 1. The second-order valence-corrected chi connectivity index (χ2v) is 4.38. The van der Waals surface area contributed by atoms with E-state index in [0.29, 0.717) is 13.0 Å². The topological polar surface area (TPSA) is 81.5 Å². The van der Waals surface area contributed by atoms with Gasteiger partial charge in [0, 0.05) is 18.7 Å². The Bertz CT molecular complexity index is 429. The van der Waals surface area contributed by atoms with Gasteiger partial charge in [0.15, 0.2) is 0 Å². The molecule has 1 amide bonds. The Labute approximate surface area is 111 Å². The van der Waals surface area contributed by atoms with Crippen molar-refractivity contribution in [3.05, 3.63) is 39.9 Å². The second-order valence-electron chi connectivity index (χ2n) is 4.38. The van der Waals surface area contributed by atoms with E-state index in [0.717, 1.165) is 5.56 Å². The first-order valence-electron chi connectivity index (χ1n) is 6.10. The van der Waals surface area contributed by atoms with Gasteiger partial charge in [-0.2, -0.15) is 0 Å². The van der Waals surface area contributed by atoms with Crippen LogP contribution in [0.15, 0.2) is 24.3 Å². The van der Waals surface area contributed by atoms with E-state index >= 15 is 0 Å². The maximum absolute atomic E-state index is 11.4. The Balaban J connectivity index is 2.29. The fourth-order valence-corrected chi connectivity index (χ4v) is 1.42. The van der Waals surface area contributed by atoms with E-state index in [9.17, 15) is 14.9 Å². The van der Waals surface area contributed by atoms with Gasteiger partial charge in [-0.15, -0.1) is 0 Å². The maximum atomic E-state index is 11.4. The summed E-state index contributed by atoms with van der Waals surface area (Å²) in [7, 11) is 0. The Kier molecular flexibility index (Phi) is 5.95. The van der Waals surface area contributed by atoms with Gasteiger partial charge in [0.05, 0.1) is 11.0 Å². The molecule has 0 aromatic heterocycles. The molecule has 1 rings (SSSR count). The van der Waals surface area contributed by atoms with E-state index in [1.807, 2.05) is 13.8 Å². The van der Waals surface area contributed by atoms with Gasteiger partial charge < -0.3 is 10.1 Å². The van der Waals surface area contributed by atoms with Crippen LogP contribution in [0.4, 0.5) is 5.69 Å². The number of benzene rings is 1. The number of rotatable bonds is 7. The van der Waals surface area contributed by atoms with Crippen LogP contribution in [0.2, 0.25) is 0 Å². The van der Waals surface area contributed by atoms with E-state index < -0.39 is 4.92 Å². The fraction of sp³-hybridized carbons (Fsp3) is 0.462. The van der Waals surface area contributed by atoms with Crippen LogP contribution >= 0.6 is 0 Å². The molecule has 1 aromatic carbocycles. The highest BCUT2D eigenvalue weighted by atomic mass is 16.6. The second kappa shape index (κ2) is 7.48. The molecule has 0 aliphatic heterocycles. The van der Waals surface area contributed by atoms with Gasteiger partial charge in [-0.3, -0.25) is 14.9 Å². The van der Waals surface area contributed by atoms with Crippen LogP contribution in [0.25, 0.3) is 0 Å². The van der Waals surface area contributed by atoms with E-state index in [4.69, 9.17) is 4.74 Å². The highest BCUT2D eigenvalue weighted by molar-refractivity contribution is 5.77. The fourth-order valence-electron chi connectivity index (χ4n) is 1.42. The summed E-state index contributed by atoms with van der Waals surface area (Å²) in [6.07, 6.45) is 0.659. The normalized spacial score (nSPS) is 10.5. The molecule has 0 fully saturated rings. The zero-order valence-corrected chi connectivity index (χ0v) is 11.1. The number of nitrogens with one attached hydrogen (secondary N) is 1. The Morgan fingerprint density at radius 3 is 2.53 bits per heavy atom. The third kappa shape index (κ3) is 5.96. The Morgan fingerprint density at radius 1 is 1.37 bits per heavy atom. The number of carbonyl (C=O) groups excluding carboxylic acids is 1. The van der Waals surface area contributed by atoms with Crippen LogP contribution in [0, 0.1) is 10.1 Å². The highest BCUT2D eigenvalue weighted by Crippen LogP contribution is 2.11. The molecule has 0 radical (unpaired) electrons. The third-order valence-electron chi connectivity index (χ3n) is 2.43. The van der Waals surface area contributed by atoms with Gasteiger partial charge in [-0.1, -0.05) is 12.1 Å². The van der Waals surface area contributed by atoms with Crippen molar-refractivity contribution in [2.45, 2.75) is 26.4 Å². The molecule has 0 unspecified atom stereocenters. The van der Waals surface area contributed by atoms with Crippen molar-refractivity contribution < 1.29 is 14.5 Å². The van der Waals surface area contributed by atoms with Crippen molar-refractivity contribution in [2.75, 3.05) is 13.2 Å². The molecule has 19 heavy (non-hydrogen) atoms. The van der Waals surface area contributed by atoms with Gasteiger partial charge in [0.2, 0.25) is 5.91 Å². The summed E-state index contributed by atoms with van der Waals surface area (Å²) in [5, 5.41) is 13.2. The zero-order valence-electron chi connectivity index (χ0n) is 11.1. The van der Waals surface area contributed by atoms with E-state index in [1.54, 1.807) is 12.1 Å². The molecule has 0 saturated carbocycles. The first-order valence-corrected chi connectivity index (χ1v) is 6.10. The predicted octanol–water partition coefficient (Wildman–Crippen LogP) is 1.68. The number of hydrogen-bond acceptors (Lipinski definition) is 4. The van der Waals surface area contributed by atoms with Crippen LogP contribution in [-0.4, -0.2) is 30.1 Å². The van der Waals surface area contributed by atoms with Crippen molar-refractivity contribution >= 4 is 11.6 Å². The molecule has 0 spiro atoms. The van der Waals surface area contributed by atoms with Crippen molar-refractivity contribution in [3.63, 3.8) is 0 Å². The molecule has 6 heteroatoms. The van der Waals surface area contributed by atoms with Crippen LogP contribution < -0.4 is 5.32 Å². The Morgan fingerprint density at radius 2 is 2.00 bits per heavy atom. The number of carbonyl (C=O) groups is 1. The summed E-state index contributed by atoms with van der Waals surface area (Å²) in [6.45, 7) is 4.27. The number of ether oxygens (including phenoxy) is 1. The standard InChI is InChI=1S/C13H18N2O4/c1-10(2)19-9-13(16)14-8-7-11-3-5-12(6-4-11)15(17)18/h3-6,10H,7-9H2,1-2H3,(H,14,16). The lowest BCUT2D eigenvalue weighted by atomic mass is 10.1. The van der Waals surface area contributed by atoms with Crippen LogP contribution in [0.3, 0.4) is 0 Å². The third-order valence-corrected chi connectivity index (χ3v) is 2.43. The van der Waals surface area contributed by atoms with Crippen molar-refractivity contribution in [1.29, 1.82) is 0 Å². The Hall–Kier alpha value is -1.95. The van der Waals surface area contributed by atoms with E-state index in [-0.39, 0.29) is 24.3 Å². The van der Waals surface area contributed by atoms with Crippen molar-refractivity contribution in [1.82, 2.24) is 5.32 Å². The molecule has 1 aromatic rings. The first kappa shape index (κ1) is 15.1. The number of non-ortho nitro benzene ring substituents is 1. The molecule has 0 bridgehead atoms. The SMILES string of the molecule is CC(C)OCC(=O)NCCc1ccc([N+](=O)[O-])cc1. The largest absolute Gasteiger partial charge is 0.369 e. The van der Waals surface area contributed by atoms with Gasteiger partial charge >= 0.3 is 0 Å². The van der Waals surface area contributed by atoms with Crippen LogP contribution in [0.1, 0.15) is 19.4 Å². The van der Waals surface area contributed by atoms with Gasteiger partial charge in [-0.05, 0) is 25.8 Å². The molecule has 0 saturated heterocycles. The van der Waals surface area contributed by atoms with Crippen LogP contribution in [-0.2, 0) is 16.0 Å². The molecule has 0 heterocycles. The predicted molar refractivity (Wildman–Crippen MR) is 70.9 cm³/mol. The molecule has 0 atom stereocenters. The minimum Gasteiger partial charge on any atom is -0.369 e. The van der Waals surface area contributed by atoms with Crippen molar-refractivity contribution in [2.24, 2.45) is 0 Å². The summed E-state index contributed by atoms with van der Waals surface area (Å²) in [6, 6.07) is 6.29. The number of nitrogens with zero attached hydrogens (tertiary/aromatic N) is 1. The van der Waals surface area contributed by atoms with Gasteiger partial charge in [0.1, 0.15) is 6.61 Å². The van der Waals surface area contributed by atoms with Gasteiger partial charge in [0.25, 0.3) is 5.69 Å². The number of nitro groups is 1. The minimum atomic E-state index is -0.436. The number of amides is 1. The molecular formula is C13H18N2O4. The first-order chi connectivity index (χ1) is 8.99. The number of hydrogen-bond donors (Lipinski definition) is 1. The van der Waals surface area contributed by atoms with Gasteiger partial charge in [-0.25, -0.2) is 0 Å². The maximum Gasteiger partial charge on any atom is 0.269 e. The highest BCUT2D eigenvalue weighted by Gasteiger charge is 2.05. The summed E-state index contributed by atoms with van der Waals surface area (Å²) < 4.78 is 5.16. The lowest BCUT2D eigenvalue weighted by molar-refractivity contribution is -0.384. The lowest BCUT2D eigenvalue weighted by Crippen LogP contribution is -2.30. The summed E-state index contributed by atoms with van der Waals surface area (Å²) in [5.74, 6) is -0.157. The molecule has 1 N–H and O–H groups in total. The van der Waals surface area contributed by atoms with Crippen LogP contribution in [0.5, 0.6) is 0 Å². The monoisotopic (exact) mass is 266 g/mol. The average molecular weight is 266 g/mol. The molecule has 6 nitrogen and oxygen atoms in total. The average Bonchev–Trinajstić information content (AvgIpc) is 2.37. The molecule has 0 aliphatic carbocycles. The quantitative estimate of drug-likeness (QED) is 0.601. The summed E-state index contributed by atoms with van der Waals surface area (Å²) in [4.78, 5) is 21.4. The summed E-state index contributed by atoms with van der Waals surface area (Å²) >= 11 is 0. The molecular weight excluding hydrogens is 248 g/mol. The van der Waals surface area contributed by atoms with E-state index in [2.05, 4.69) is 5.32 Å². The van der Waals surface area contributed by atoms with Crippen molar-refractivity contribution in [3.8, 4) is 0 Å². The van der Waals surface area contributed by atoms with E-state index in [1.165, 1.54) is 12.1 Å².